The molecule has 0 spiro atoms. The van der Waals surface area contributed by atoms with Crippen molar-refractivity contribution in [3.8, 4) is 0 Å². The number of carbonyl (C=O) groups excluding carboxylic acids is 1. The van der Waals surface area contributed by atoms with E-state index in [4.69, 9.17) is 15.2 Å². The molecule has 0 aliphatic heterocycles. The molecule has 0 atom stereocenters. The minimum atomic E-state index is -0.393. The van der Waals surface area contributed by atoms with Crippen LogP contribution in [0.3, 0.4) is 0 Å². The van der Waals surface area contributed by atoms with Gasteiger partial charge in [0.05, 0.1) is 6.61 Å². The molecule has 0 aromatic carbocycles. The van der Waals surface area contributed by atoms with Crippen LogP contribution in [0, 0.1) is 0 Å². The Balaban J connectivity index is 3.34. The van der Waals surface area contributed by atoms with Crippen LogP contribution in [0.4, 0.5) is 0 Å². The van der Waals surface area contributed by atoms with Gasteiger partial charge in [-0.15, -0.1) is 0 Å². The second-order valence-corrected chi connectivity index (χ2v) is 4.18. The molecule has 5 heteroatoms. The molecule has 0 aliphatic rings. The zero-order valence-corrected chi connectivity index (χ0v) is 9.84. The lowest BCUT2D eigenvalue weighted by Gasteiger charge is -2.17. The van der Waals surface area contributed by atoms with Gasteiger partial charge in [-0.1, -0.05) is 0 Å². The van der Waals surface area contributed by atoms with Crippen LogP contribution in [0.5, 0.6) is 0 Å². The summed E-state index contributed by atoms with van der Waals surface area (Å²) in [5.74, 6) is -0.115. The molecule has 1 amide bonds. The van der Waals surface area contributed by atoms with Gasteiger partial charge in [0, 0.05) is 25.8 Å². The molecule has 0 aromatic rings. The minimum Gasteiger partial charge on any atom is -0.385 e. The molecule has 0 saturated carbocycles. The van der Waals surface area contributed by atoms with Crippen molar-refractivity contribution < 1.29 is 14.3 Å². The lowest BCUT2D eigenvalue weighted by atomic mass is 10.1. The van der Waals surface area contributed by atoms with Gasteiger partial charge in [-0.05, 0) is 20.3 Å². The Morgan fingerprint density at radius 2 is 2.13 bits per heavy atom. The van der Waals surface area contributed by atoms with E-state index < -0.39 is 5.54 Å². The Morgan fingerprint density at radius 3 is 2.67 bits per heavy atom. The van der Waals surface area contributed by atoms with Crippen LogP contribution in [0.1, 0.15) is 20.3 Å². The first-order chi connectivity index (χ1) is 6.95. The highest BCUT2D eigenvalue weighted by atomic mass is 16.5. The zero-order valence-electron chi connectivity index (χ0n) is 9.84. The molecule has 0 bridgehead atoms. The summed E-state index contributed by atoms with van der Waals surface area (Å²) in [5, 5.41) is 2.72. The maximum absolute atomic E-state index is 11.2. The number of amides is 1. The van der Waals surface area contributed by atoms with Gasteiger partial charge in [0.2, 0.25) is 5.91 Å². The predicted molar refractivity (Wildman–Crippen MR) is 58.6 cm³/mol. The van der Waals surface area contributed by atoms with Crippen LogP contribution in [0.2, 0.25) is 0 Å². The molecule has 0 saturated heterocycles. The molecule has 0 aromatic heterocycles. The van der Waals surface area contributed by atoms with Gasteiger partial charge >= 0.3 is 0 Å². The van der Waals surface area contributed by atoms with Crippen molar-refractivity contribution in [2.24, 2.45) is 5.73 Å². The summed E-state index contributed by atoms with van der Waals surface area (Å²) >= 11 is 0. The maximum atomic E-state index is 11.2. The number of nitrogens with two attached hydrogens (primary N) is 1. The Kier molecular flexibility index (Phi) is 7.29. The maximum Gasteiger partial charge on any atom is 0.246 e. The fourth-order valence-electron chi connectivity index (χ4n) is 0.902. The molecule has 0 heterocycles. The first kappa shape index (κ1) is 14.3. The number of ether oxygens (including phenoxy) is 2. The third-order valence-corrected chi connectivity index (χ3v) is 1.55. The number of rotatable bonds is 8. The predicted octanol–water partition coefficient (Wildman–Crippen LogP) is -0.107. The Hall–Kier alpha value is -0.650. The van der Waals surface area contributed by atoms with Crippen LogP contribution in [0.15, 0.2) is 0 Å². The van der Waals surface area contributed by atoms with Crippen molar-refractivity contribution in [2.45, 2.75) is 25.8 Å². The highest BCUT2D eigenvalue weighted by Gasteiger charge is 2.11. The molecule has 15 heavy (non-hydrogen) atoms. The Bertz CT molecular complexity index is 178. The second kappa shape index (κ2) is 7.62. The SMILES string of the molecule is COCCCNC(=O)COCC(C)(C)N. The van der Waals surface area contributed by atoms with Crippen molar-refractivity contribution in [1.82, 2.24) is 5.32 Å². The lowest BCUT2D eigenvalue weighted by molar-refractivity contribution is -0.126. The molecule has 0 radical (unpaired) electrons. The van der Waals surface area contributed by atoms with Crippen LogP contribution in [0.25, 0.3) is 0 Å². The van der Waals surface area contributed by atoms with Crippen molar-refractivity contribution in [2.75, 3.05) is 33.5 Å². The van der Waals surface area contributed by atoms with E-state index in [-0.39, 0.29) is 12.5 Å². The third-order valence-electron chi connectivity index (χ3n) is 1.55. The summed E-state index contributed by atoms with van der Waals surface area (Å²) in [6.07, 6.45) is 0.810. The molecule has 0 unspecified atom stereocenters. The van der Waals surface area contributed by atoms with Crippen molar-refractivity contribution in [3.05, 3.63) is 0 Å². The van der Waals surface area contributed by atoms with Gasteiger partial charge in [-0.2, -0.15) is 0 Å². The molecule has 90 valence electrons. The quantitative estimate of drug-likeness (QED) is 0.558. The summed E-state index contributed by atoms with van der Waals surface area (Å²) < 4.78 is 10.00. The van der Waals surface area contributed by atoms with E-state index in [0.717, 1.165) is 6.42 Å². The van der Waals surface area contributed by atoms with Gasteiger partial charge in [0.1, 0.15) is 6.61 Å². The highest BCUT2D eigenvalue weighted by molar-refractivity contribution is 5.77. The van der Waals surface area contributed by atoms with E-state index in [1.165, 1.54) is 0 Å². The fourth-order valence-corrected chi connectivity index (χ4v) is 0.902. The fraction of sp³-hybridized carbons (Fsp3) is 0.900. The van der Waals surface area contributed by atoms with Crippen LogP contribution >= 0.6 is 0 Å². The summed E-state index contributed by atoms with van der Waals surface area (Å²) in [7, 11) is 1.63. The number of nitrogens with one attached hydrogen (secondary N) is 1. The first-order valence-corrected chi connectivity index (χ1v) is 5.08. The number of carbonyl (C=O) groups is 1. The van der Waals surface area contributed by atoms with Gasteiger partial charge in [-0.3, -0.25) is 4.79 Å². The van der Waals surface area contributed by atoms with Gasteiger partial charge in [-0.25, -0.2) is 0 Å². The summed E-state index contributed by atoms with van der Waals surface area (Å²) in [4.78, 5) is 11.2. The van der Waals surface area contributed by atoms with E-state index in [9.17, 15) is 4.79 Å². The van der Waals surface area contributed by atoms with Crippen molar-refractivity contribution >= 4 is 5.91 Å². The summed E-state index contributed by atoms with van der Waals surface area (Å²) in [5.41, 5.74) is 5.30. The van der Waals surface area contributed by atoms with Crippen LogP contribution in [-0.4, -0.2) is 44.9 Å². The topological polar surface area (TPSA) is 73.6 Å². The molecule has 0 aliphatic carbocycles. The summed E-state index contributed by atoms with van der Waals surface area (Å²) in [6, 6.07) is 0. The standard InChI is InChI=1S/C10H22N2O3/c1-10(2,11)8-15-7-9(13)12-5-4-6-14-3/h4-8,11H2,1-3H3,(H,12,13). The lowest BCUT2D eigenvalue weighted by Crippen LogP contribution is -2.39. The smallest absolute Gasteiger partial charge is 0.246 e. The normalized spacial score (nSPS) is 11.5. The molecule has 0 fully saturated rings. The van der Waals surface area contributed by atoms with E-state index in [1.54, 1.807) is 7.11 Å². The van der Waals surface area contributed by atoms with Crippen LogP contribution < -0.4 is 11.1 Å². The van der Waals surface area contributed by atoms with Gasteiger partial charge in [0.15, 0.2) is 0 Å². The summed E-state index contributed by atoms with van der Waals surface area (Å²) in [6.45, 7) is 5.40. The first-order valence-electron chi connectivity index (χ1n) is 5.08. The van der Waals surface area contributed by atoms with E-state index in [1.807, 2.05) is 13.8 Å². The average Bonchev–Trinajstić information content (AvgIpc) is 2.10. The van der Waals surface area contributed by atoms with Crippen LogP contribution in [-0.2, 0) is 14.3 Å². The molecule has 0 rings (SSSR count). The third kappa shape index (κ3) is 11.3. The largest absolute Gasteiger partial charge is 0.385 e. The Morgan fingerprint density at radius 1 is 1.47 bits per heavy atom. The van der Waals surface area contributed by atoms with Gasteiger partial charge < -0.3 is 20.5 Å². The molecule has 5 nitrogen and oxygen atoms in total. The van der Waals surface area contributed by atoms with E-state index >= 15 is 0 Å². The van der Waals surface area contributed by atoms with E-state index in [0.29, 0.717) is 19.8 Å². The average molecular weight is 218 g/mol. The second-order valence-electron chi connectivity index (χ2n) is 4.18. The van der Waals surface area contributed by atoms with Crippen molar-refractivity contribution in [1.29, 1.82) is 0 Å². The zero-order chi connectivity index (χ0) is 11.7. The number of hydrogen-bond donors (Lipinski definition) is 2. The molecular formula is C10H22N2O3. The van der Waals surface area contributed by atoms with Gasteiger partial charge in [0.25, 0.3) is 0 Å². The highest BCUT2D eigenvalue weighted by Crippen LogP contribution is 1.96. The number of methoxy groups -OCH3 is 1. The monoisotopic (exact) mass is 218 g/mol. The minimum absolute atomic E-state index is 0.0631. The molecular weight excluding hydrogens is 196 g/mol. The van der Waals surface area contributed by atoms with E-state index in [2.05, 4.69) is 5.32 Å². The number of hydrogen-bond acceptors (Lipinski definition) is 4. The molecule has 3 N–H and O–H groups in total. The Labute approximate surface area is 91.3 Å². The van der Waals surface area contributed by atoms with Crippen molar-refractivity contribution in [3.63, 3.8) is 0 Å².